The van der Waals surface area contributed by atoms with Crippen LogP contribution in [0, 0.1) is 6.92 Å². The van der Waals surface area contributed by atoms with Crippen molar-refractivity contribution in [3.8, 4) is 22.8 Å². The summed E-state index contributed by atoms with van der Waals surface area (Å²) in [6.07, 6.45) is 5.76. The molecule has 4 aromatic rings. The lowest BCUT2D eigenvalue weighted by molar-refractivity contribution is -0.687. The quantitative estimate of drug-likeness (QED) is 0.399. The van der Waals surface area contributed by atoms with Crippen LogP contribution in [0.3, 0.4) is 0 Å². The Hall–Kier alpha value is -2.62. The molecule has 2 aromatic carbocycles. The van der Waals surface area contributed by atoms with Crippen molar-refractivity contribution in [2.24, 2.45) is 0 Å². The van der Waals surface area contributed by atoms with Gasteiger partial charge in [0.05, 0.1) is 16.2 Å². The van der Waals surface area contributed by atoms with Crippen LogP contribution in [0.15, 0.2) is 77.6 Å². The zero-order valence-electron chi connectivity index (χ0n) is 14.7. The van der Waals surface area contributed by atoms with E-state index in [1.807, 2.05) is 54.9 Å². The molecule has 0 unspecified atom stereocenters. The van der Waals surface area contributed by atoms with Gasteiger partial charge in [-0.1, -0.05) is 59.1 Å². The lowest BCUT2D eigenvalue weighted by Crippen LogP contribution is -2.33. The Labute approximate surface area is 167 Å². The smallest absolute Gasteiger partial charge is 0.232 e. The van der Waals surface area contributed by atoms with Gasteiger partial charge in [-0.05, 0) is 25.1 Å². The van der Waals surface area contributed by atoms with Crippen molar-refractivity contribution in [3.05, 3.63) is 94.4 Å². The normalized spacial score (nSPS) is 10.9. The molecule has 4 rings (SSSR count). The summed E-state index contributed by atoms with van der Waals surface area (Å²) in [4.78, 5) is 4.44. The molecule has 0 saturated heterocycles. The Balaban J connectivity index is 1.59. The van der Waals surface area contributed by atoms with Crippen LogP contribution in [-0.4, -0.2) is 4.98 Å². The molecule has 0 aliphatic carbocycles. The molecular weight excluding hydrogens is 379 g/mol. The number of hydrogen-bond acceptors (Lipinski definition) is 2. The molecule has 134 valence electrons. The molecule has 27 heavy (non-hydrogen) atoms. The first-order valence-electron chi connectivity index (χ1n) is 8.55. The zero-order chi connectivity index (χ0) is 18.8. The second-order valence-corrected chi connectivity index (χ2v) is 7.22. The van der Waals surface area contributed by atoms with Crippen LogP contribution in [0.4, 0.5) is 0 Å². The van der Waals surface area contributed by atoms with Crippen LogP contribution < -0.4 is 4.57 Å². The van der Waals surface area contributed by atoms with Crippen LogP contribution >= 0.6 is 23.2 Å². The molecule has 0 aliphatic rings. The van der Waals surface area contributed by atoms with E-state index in [9.17, 15) is 0 Å². The number of aryl methyl sites for hydroxylation is 1. The van der Waals surface area contributed by atoms with Crippen LogP contribution in [0.5, 0.6) is 0 Å². The SMILES string of the molecule is Cc1ccc(-c2cnc(-c3ccc[n+](Cc4ccc(Cl)c(Cl)c4)c3)o2)cc1. The highest BCUT2D eigenvalue weighted by atomic mass is 35.5. The number of pyridine rings is 1. The van der Waals surface area contributed by atoms with Crippen LogP contribution in [0.1, 0.15) is 11.1 Å². The Morgan fingerprint density at radius 2 is 1.78 bits per heavy atom. The lowest BCUT2D eigenvalue weighted by atomic mass is 10.1. The molecule has 2 heterocycles. The van der Waals surface area contributed by atoms with E-state index in [1.165, 1.54) is 5.56 Å². The minimum atomic E-state index is 0.557. The number of hydrogen-bond donors (Lipinski definition) is 0. The average molecular weight is 396 g/mol. The van der Waals surface area contributed by atoms with Crippen molar-refractivity contribution in [2.75, 3.05) is 0 Å². The van der Waals surface area contributed by atoms with E-state index in [0.29, 0.717) is 22.5 Å². The fourth-order valence-electron chi connectivity index (χ4n) is 2.85. The number of oxazole rings is 1. The van der Waals surface area contributed by atoms with Gasteiger partial charge < -0.3 is 4.42 Å². The number of nitrogens with zero attached hydrogens (tertiary/aromatic N) is 2. The van der Waals surface area contributed by atoms with Crippen LogP contribution in [-0.2, 0) is 6.54 Å². The van der Waals surface area contributed by atoms with E-state index >= 15 is 0 Å². The second kappa shape index (κ2) is 7.55. The van der Waals surface area contributed by atoms with Crippen molar-refractivity contribution < 1.29 is 8.98 Å². The number of aromatic nitrogens is 2. The third kappa shape index (κ3) is 4.05. The molecular formula is C22H17Cl2N2O+. The maximum absolute atomic E-state index is 6.11. The highest BCUT2D eigenvalue weighted by molar-refractivity contribution is 6.42. The molecule has 0 saturated carbocycles. The number of halogens is 2. The predicted molar refractivity (Wildman–Crippen MR) is 108 cm³/mol. The first-order chi connectivity index (χ1) is 13.1. The van der Waals surface area contributed by atoms with Crippen molar-refractivity contribution >= 4 is 23.2 Å². The molecule has 3 nitrogen and oxygen atoms in total. The van der Waals surface area contributed by atoms with Crippen molar-refractivity contribution in [2.45, 2.75) is 13.5 Å². The standard InChI is InChI=1S/C22H17Cl2N2O/c1-15-4-7-17(8-5-15)21-12-25-22(27-21)18-3-2-10-26(14-18)13-16-6-9-19(23)20(24)11-16/h2-12,14H,13H2,1H3/q+1. The molecule has 0 bridgehead atoms. The molecule has 0 radical (unpaired) electrons. The fourth-order valence-corrected chi connectivity index (χ4v) is 3.18. The summed E-state index contributed by atoms with van der Waals surface area (Å²) in [5, 5.41) is 1.11. The van der Waals surface area contributed by atoms with E-state index in [2.05, 4.69) is 28.6 Å². The van der Waals surface area contributed by atoms with Gasteiger partial charge in [0.25, 0.3) is 0 Å². The third-order valence-corrected chi connectivity index (χ3v) is 5.04. The molecule has 5 heteroatoms. The molecule has 0 fully saturated rings. The molecule has 0 amide bonds. The monoisotopic (exact) mass is 395 g/mol. The van der Waals surface area contributed by atoms with Crippen molar-refractivity contribution in [1.29, 1.82) is 0 Å². The van der Waals surface area contributed by atoms with Gasteiger partial charge in [0.1, 0.15) is 5.56 Å². The van der Waals surface area contributed by atoms with E-state index in [0.717, 1.165) is 22.5 Å². The maximum atomic E-state index is 6.11. The number of benzene rings is 2. The van der Waals surface area contributed by atoms with Gasteiger partial charge in [-0.15, -0.1) is 0 Å². The summed E-state index contributed by atoms with van der Waals surface area (Å²) < 4.78 is 8.03. The van der Waals surface area contributed by atoms with E-state index in [4.69, 9.17) is 27.6 Å². The average Bonchev–Trinajstić information content (AvgIpc) is 3.16. The van der Waals surface area contributed by atoms with Gasteiger partial charge in [0.2, 0.25) is 5.89 Å². The highest BCUT2D eigenvalue weighted by Gasteiger charge is 2.13. The van der Waals surface area contributed by atoms with Gasteiger partial charge in [-0.2, -0.15) is 4.57 Å². The minimum absolute atomic E-state index is 0.557. The largest absolute Gasteiger partial charge is 0.436 e. The van der Waals surface area contributed by atoms with Gasteiger partial charge in [-0.3, -0.25) is 0 Å². The first-order valence-corrected chi connectivity index (χ1v) is 9.30. The first kappa shape index (κ1) is 17.8. The molecule has 0 aliphatic heterocycles. The maximum Gasteiger partial charge on any atom is 0.232 e. The Bertz CT molecular complexity index is 1090. The van der Waals surface area contributed by atoms with Gasteiger partial charge in [0, 0.05) is 17.2 Å². The van der Waals surface area contributed by atoms with Gasteiger partial charge >= 0.3 is 0 Å². The number of rotatable bonds is 4. The summed E-state index contributed by atoms with van der Waals surface area (Å²) >= 11 is 12.1. The Morgan fingerprint density at radius 1 is 0.963 bits per heavy atom. The fraction of sp³-hybridized carbons (Fsp3) is 0.0909. The molecule has 2 aromatic heterocycles. The van der Waals surface area contributed by atoms with E-state index in [-0.39, 0.29) is 0 Å². The van der Waals surface area contributed by atoms with Gasteiger partial charge in [0.15, 0.2) is 24.7 Å². The Kier molecular flexibility index (Phi) is 4.97. The topological polar surface area (TPSA) is 29.9 Å². The summed E-state index contributed by atoms with van der Waals surface area (Å²) in [5.41, 5.74) is 4.21. The Morgan fingerprint density at radius 3 is 2.56 bits per heavy atom. The zero-order valence-corrected chi connectivity index (χ0v) is 16.2. The highest BCUT2D eigenvalue weighted by Crippen LogP contribution is 2.26. The third-order valence-electron chi connectivity index (χ3n) is 4.30. The van der Waals surface area contributed by atoms with Crippen molar-refractivity contribution in [1.82, 2.24) is 4.98 Å². The molecule has 0 atom stereocenters. The second-order valence-electron chi connectivity index (χ2n) is 6.41. The minimum Gasteiger partial charge on any atom is -0.436 e. The predicted octanol–water partition coefficient (Wildman–Crippen LogP) is 5.96. The molecule has 0 N–H and O–H groups in total. The molecule has 0 spiro atoms. The van der Waals surface area contributed by atoms with Crippen LogP contribution in [0.2, 0.25) is 10.0 Å². The van der Waals surface area contributed by atoms with E-state index < -0.39 is 0 Å². The van der Waals surface area contributed by atoms with Crippen molar-refractivity contribution in [3.63, 3.8) is 0 Å². The summed E-state index contributed by atoms with van der Waals surface area (Å²) in [6.45, 7) is 2.74. The lowest BCUT2D eigenvalue weighted by Gasteiger charge is -2.01. The summed E-state index contributed by atoms with van der Waals surface area (Å²) in [7, 11) is 0. The van der Waals surface area contributed by atoms with E-state index in [1.54, 1.807) is 6.20 Å². The van der Waals surface area contributed by atoms with Crippen LogP contribution in [0.25, 0.3) is 22.8 Å². The summed E-state index contributed by atoms with van der Waals surface area (Å²) in [6, 6.07) is 17.8. The van der Waals surface area contributed by atoms with Gasteiger partial charge in [-0.25, -0.2) is 4.98 Å². The summed E-state index contributed by atoms with van der Waals surface area (Å²) in [5.74, 6) is 1.35.